The Morgan fingerprint density at radius 3 is 2.48 bits per heavy atom. The predicted octanol–water partition coefficient (Wildman–Crippen LogP) is 2.67. The van der Waals surface area contributed by atoms with Gasteiger partial charge >= 0.3 is 5.97 Å². The molecule has 0 aliphatic carbocycles. The van der Waals surface area contributed by atoms with E-state index in [4.69, 9.17) is 0 Å². The molecule has 2 heterocycles. The minimum absolute atomic E-state index is 0.0383. The summed E-state index contributed by atoms with van der Waals surface area (Å²) >= 11 is 0. The van der Waals surface area contributed by atoms with Crippen LogP contribution in [0.1, 0.15) is 10.4 Å². The Balaban J connectivity index is 1.95. The number of aromatic nitrogens is 2. The van der Waals surface area contributed by atoms with Gasteiger partial charge in [-0.1, -0.05) is 0 Å². The van der Waals surface area contributed by atoms with E-state index in [9.17, 15) is 27.5 Å². The smallest absolute Gasteiger partial charge is 0.337 e. The summed E-state index contributed by atoms with van der Waals surface area (Å²) in [6.07, 6.45) is 1.19. The second-order valence-corrected chi connectivity index (χ2v) is 8.34. The normalized spacial score (nSPS) is 11.8. The Morgan fingerprint density at radius 2 is 1.83 bits per heavy atom. The summed E-state index contributed by atoms with van der Waals surface area (Å²) in [7, 11) is -2.70. The average molecular weight is 415 g/mol. The summed E-state index contributed by atoms with van der Waals surface area (Å²) in [5, 5.41) is 9.81. The van der Waals surface area contributed by atoms with Crippen molar-refractivity contribution >= 4 is 43.5 Å². The highest BCUT2D eigenvalue weighted by Crippen LogP contribution is 2.29. The number of benzene rings is 2. The maximum absolute atomic E-state index is 13.1. The van der Waals surface area contributed by atoms with E-state index in [1.165, 1.54) is 43.6 Å². The number of anilines is 1. The van der Waals surface area contributed by atoms with Gasteiger partial charge in [0.25, 0.3) is 15.6 Å². The fraction of sp³-hybridized carbons (Fsp3) is 0.0526. The van der Waals surface area contributed by atoms with Crippen LogP contribution in [0.5, 0.6) is 0 Å². The van der Waals surface area contributed by atoms with E-state index < -0.39 is 27.4 Å². The number of sulfonamides is 1. The van der Waals surface area contributed by atoms with Crippen molar-refractivity contribution in [2.75, 3.05) is 11.4 Å². The first kappa shape index (κ1) is 18.7. The Bertz CT molecular complexity index is 1440. The van der Waals surface area contributed by atoms with Crippen molar-refractivity contribution in [1.82, 2.24) is 9.97 Å². The second kappa shape index (κ2) is 6.45. The van der Waals surface area contributed by atoms with Gasteiger partial charge in [0.2, 0.25) is 0 Å². The molecule has 148 valence electrons. The molecular formula is C19H14FN3O5S. The van der Waals surface area contributed by atoms with Crippen LogP contribution in [-0.4, -0.2) is 36.5 Å². The van der Waals surface area contributed by atoms with Crippen LogP contribution in [0.3, 0.4) is 0 Å². The molecule has 0 atom stereocenters. The largest absolute Gasteiger partial charge is 0.478 e. The topological polar surface area (TPSA) is 123 Å². The van der Waals surface area contributed by atoms with E-state index in [1.807, 2.05) is 0 Å². The van der Waals surface area contributed by atoms with Crippen molar-refractivity contribution in [1.29, 1.82) is 0 Å². The fourth-order valence-electron chi connectivity index (χ4n) is 3.18. The van der Waals surface area contributed by atoms with Crippen LogP contribution in [0.2, 0.25) is 0 Å². The first-order valence-electron chi connectivity index (χ1n) is 8.35. The van der Waals surface area contributed by atoms with Gasteiger partial charge in [0.15, 0.2) is 0 Å². The number of aromatic carboxylic acids is 1. The number of H-pyrrole nitrogens is 2. The Hall–Kier alpha value is -3.66. The summed E-state index contributed by atoms with van der Waals surface area (Å²) in [4.78, 5) is 28.9. The quantitative estimate of drug-likeness (QED) is 0.473. The molecule has 29 heavy (non-hydrogen) atoms. The third-order valence-corrected chi connectivity index (χ3v) is 6.48. The maximum Gasteiger partial charge on any atom is 0.337 e. The number of nitrogens with one attached hydrogen (secondary N) is 2. The summed E-state index contributed by atoms with van der Waals surface area (Å²) in [5.74, 6) is -1.75. The van der Waals surface area contributed by atoms with Gasteiger partial charge in [-0.25, -0.2) is 17.6 Å². The maximum atomic E-state index is 13.1. The van der Waals surface area contributed by atoms with Gasteiger partial charge in [0.1, 0.15) is 11.3 Å². The Kier molecular flexibility index (Phi) is 4.16. The highest BCUT2D eigenvalue weighted by Gasteiger charge is 2.23. The number of pyridine rings is 1. The third kappa shape index (κ3) is 2.93. The van der Waals surface area contributed by atoms with E-state index in [2.05, 4.69) is 9.97 Å². The number of hydrogen-bond acceptors (Lipinski definition) is 4. The van der Waals surface area contributed by atoms with Gasteiger partial charge in [-0.3, -0.25) is 9.10 Å². The zero-order valence-electron chi connectivity index (χ0n) is 14.9. The molecule has 4 rings (SSSR count). The number of nitrogens with zero attached hydrogens (tertiary/aromatic N) is 1. The molecule has 4 aromatic rings. The number of carbonyl (C=O) groups is 1. The number of carboxylic acid groups (broad SMARTS) is 1. The first-order chi connectivity index (χ1) is 13.7. The zero-order chi connectivity index (χ0) is 20.9. The predicted molar refractivity (Wildman–Crippen MR) is 105 cm³/mol. The fourth-order valence-corrected chi connectivity index (χ4v) is 4.41. The van der Waals surface area contributed by atoms with Crippen LogP contribution in [0, 0.1) is 5.82 Å². The molecule has 8 nitrogen and oxygen atoms in total. The van der Waals surface area contributed by atoms with Gasteiger partial charge in [0.05, 0.1) is 16.1 Å². The highest BCUT2D eigenvalue weighted by molar-refractivity contribution is 7.92. The molecule has 0 spiro atoms. The highest BCUT2D eigenvalue weighted by atomic mass is 32.2. The standard InChI is InChI=1S/C19H14FN3O5S/c1-23(11-4-2-10(20)3-5-11)29(27,28)12-6-7-15-13(8-12)16-14(19(25)26)9-21-17(16)18(24)22-15/h2-9,21H,1H3,(H,22,24)(H,25,26). The van der Waals surface area contributed by atoms with Gasteiger partial charge in [0, 0.05) is 29.5 Å². The minimum Gasteiger partial charge on any atom is -0.478 e. The molecule has 0 unspecified atom stereocenters. The van der Waals surface area contributed by atoms with Gasteiger partial charge in [-0.2, -0.15) is 0 Å². The molecule has 3 N–H and O–H groups in total. The van der Waals surface area contributed by atoms with E-state index in [0.29, 0.717) is 5.52 Å². The molecule has 0 saturated carbocycles. The molecule has 10 heteroatoms. The van der Waals surface area contributed by atoms with Crippen LogP contribution >= 0.6 is 0 Å². The number of rotatable bonds is 4. The van der Waals surface area contributed by atoms with Crippen LogP contribution in [0.15, 0.2) is 58.4 Å². The molecule has 0 amide bonds. The van der Waals surface area contributed by atoms with E-state index in [-0.39, 0.29) is 32.4 Å². The lowest BCUT2D eigenvalue weighted by atomic mass is 10.1. The zero-order valence-corrected chi connectivity index (χ0v) is 15.7. The molecule has 0 radical (unpaired) electrons. The van der Waals surface area contributed by atoms with Crippen molar-refractivity contribution in [3.05, 3.63) is 70.4 Å². The number of carboxylic acids is 1. The van der Waals surface area contributed by atoms with Gasteiger partial charge < -0.3 is 15.1 Å². The number of hydrogen-bond donors (Lipinski definition) is 3. The SMILES string of the molecule is CN(c1ccc(F)cc1)S(=O)(=O)c1ccc2[nH]c(=O)c3[nH]cc(C(=O)O)c3c2c1. The summed E-state index contributed by atoms with van der Waals surface area (Å²) in [6.45, 7) is 0. The molecule has 0 bridgehead atoms. The van der Waals surface area contributed by atoms with E-state index >= 15 is 0 Å². The Morgan fingerprint density at radius 1 is 1.14 bits per heavy atom. The van der Waals surface area contributed by atoms with Crippen molar-refractivity contribution in [2.24, 2.45) is 0 Å². The van der Waals surface area contributed by atoms with Crippen LogP contribution in [0.4, 0.5) is 10.1 Å². The van der Waals surface area contributed by atoms with Crippen LogP contribution in [-0.2, 0) is 10.0 Å². The first-order valence-corrected chi connectivity index (χ1v) is 9.79. The number of fused-ring (bicyclic) bond motifs is 3. The second-order valence-electron chi connectivity index (χ2n) is 6.37. The van der Waals surface area contributed by atoms with Crippen molar-refractivity contribution in [2.45, 2.75) is 4.90 Å². The molecular weight excluding hydrogens is 401 g/mol. The molecule has 0 aliphatic heterocycles. The van der Waals surface area contributed by atoms with Crippen molar-refractivity contribution in [3.63, 3.8) is 0 Å². The monoisotopic (exact) mass is 415 g/mol. The average Bonchev–Trinajstić information content (AvgIpc) is 3.14. The number of aromatic amines is 2. The van der Waals surface area contributed by atoms with Gasteiger partial charge in [-0.05, 0) is 42.5 Å². The molecule has 2 aromatic heterocycles. The Labute approximate surface area is 163 Å². The lowest BCUT2D eigenvalue weighted by Crippen LogP contribution is -2.26. The van der Waals surface area contributed by atoms with Crippen LogP contribution < -0.4 is 9.86 Å². The minimum atomic E-state index is -4.03. The van der Waals surface area contributed by atoms with E-state index in [1.54, 1.807) is 0 Å². The van der Waals surface area contributed by atoms with Gasteiger partial charge in [-0.15, -0.1) is 0 Å². The lowest BCUT2D eigenvalue weighted by molar-refractivity contribution is 0.0699. The summed E-state index contributed by atoms with van der Waals surface area (Å²) in [6, 6.07) is 8.98. The van der Waals surface area contributed by atoms with Crippen LogP contribution in [0.25, 0.3) is 21.8 Å². The number of halogens is 1. The van der Waals surface area contributed by atoms with E-state index in [0.717, 1.165) is 16.4 Å². The molecule has 0 aliphatic rings. The van der Waals surface area contributed by atoms with Crippen molar-refractivity contribution in [3.8, 4) is 0 Å². The molecule has 0 saturated heterocycles. The molecule has 0 fully saturated rings. The van der Waals surface area contributed by atoms with Crippen molar-refractivity contribution < 1.29 is 22.7 Å². The lowest BCUT2D eigenvalue weighted by Gasteiger charge is -2.19. The summed E-state index contributed by atoms with van der Waals surface area (Å²) < 4.78 is 40.3. The summed E-state index contributed by atoms with van der Waals surface area (Å²) in [5.41, 5.74) is -0.0631. The molecule has 2 aromatic carbocycles. The third-order valence-electron chi connectivity index (χ3n) is 4.69.